The Morgan fingerprint density at radius 1 is 1.36 bits per heavy atom. The van der Waals surface area contributed by atoms with Gasteiger partial charge in [0.05, 0.1) is 5.56 Å². The maximum Gasteiger partial charge on any atom is 0.257 e. The molecule has 1 unspecified atom stereocenters. The first-order valence-corrected chi connectivity index (χ1v) is 9.71. The lowest BCUT2D eigenvalue weighted by molar-refractivity contribution is 0.0662. The molecule has 3 heterocycles. The number of nitrogens with zero attached hydrogens (tertiary/aromatic N) is 1. The summed E-state index contributed by atoms with van der Waals surface area (Å²) in [6.45, 7) is 4.67. The molecule has 2 aliphatic rings. The Labute approximate surface area is 150 Å². The van der Waals surface area contributed by atoms with Crippen LogP contribution in [0.25, 0.3) is 0 Å². The zero-order valence-corrected chi connectivity index (χ0v) is 15.1. The van der Waals surface area contributed by atoms with Gasteiger partial charge in [0, 0.05) is 41.5 Å². The van der Waals surface area contributed by atoms with Gasteiger partial charge in [0.15, 0.2) is 5.82 Å². The van der Waals surface area contributed by atoms with Crippen molar-refractivity contribution in [2.24, 2.45) is 5.92 Å². The summed E-state index contributed by atoms with van der Waals surface area (Å²) in [4.78, 5) is 13.6. The minimum Gasteiger partial charge on any atom is -0.381 e. The van der Waals surface area contributed by atoms with Crippen LogP contribution in [0.4, 0.5) is 5.82 Å². The number of hydrogen-bond donors (Lipinski definition) is 2. The van der Waals surface area contributed by atoms with Crippen molar-refractivity contribution >= 4 is 23.1 Å². The van der Waals surface area contributed by atoms with E-state index in [-0.39, 0.29) is 5.91 Å². The summed E-state index contributed by atoms with van der Waals surface area (Å²) in [5.74, 6) is 2.28. The van der Waals surface area contributed by atoms with Gasteiger partial charge in [0.1, 0.15) is 5.76 Å². The van der Waals surface area contributed by atoms with E-state index in [2.05, 4.69) is 15.8 Å². The highest BCUT2D eigenvalue weighted by Gasteiger charge is 2.39. The molecule has 2 N–H and O–H groups in total. The van der Waals surface area contributed by atoms with Crippen LogP contribution in [-0.4, -0.2) is 36.9 Å². The molecule has 2 atom stereocenters. The number of ether oxygens (including phenoxy) is 1. The fraction of sp³-hybridized carbons (Fsp3) is 0.556. The van der Waals surface area contributed by atoms with Gasteiger partial charge in [-0.25, -0.2) is 0 Å². The second-order valence-corrected chi connectivity index (χ2v) is 7.87. The van der Waals surface area contributed by atoms with Crippen molar-refractivity contribution in [2.75, 3.05) is 25.1 Å². The van der Waals surface area contributed by atoms with Gasteiger partial charge in [-0.15, -0.1) is 11.3 Å². The zero-order chi connectivity index (χ0) is 17.2. The Bertz CT molecular complexity index is 736. The van der Waals surface area contributed by atoms with Gasteiger partial charge in [-0.2, -0.15) is 0 Å². The molecule has 2 aromatic heterocycles. The number of aryl methyl sites for hydroxylation is 1. The van der Waals surface area contributed by atoms with Crippen LogP contribution in [-0.2, 0) is 4.74 Å². The summed E-state index contributed by atoms with van der Waals surface area (Å²) in [6, 6.07) is 4.27. The van der Waals surface area contributed by atoms with E-state index >= 15 is 0 Å². The average Bonchev–Trinajstić information content (AvgIpc) is 3.02. The molecule has 1 aliphatic carbocycles. The standard InChI is InChI=1S/C18H23N3O3S/c1-11-6-17(21-24-11)20-18(22)13-7-16(25-10-13)14-8-15(14)19-9-12-2-4-23-5-3-12/h6-7,10,12,14-15,19H,2-5,8-9H2,1H3,(H,20,21,22)/t14-,15?/m1/s1. The summed E-state index contributed by atoms with van der Waals surface area (Å²) in [5.41, 5.74) is 0.690. The predicted octanol–water partition coefficient (Wildman–Crippen LogP) is 3.17. The molecule has 134 valence electrons. The van der Waals surface area contributed by atoms with Crippen molar-refractivity contribution in [3.8, 4) is 0 Å². The Balaban J connectivity index is 1.27. The molecule has 0 radical (unpaired) electrons. The Hall–Kier alpha value is -1.70. The van der Waals surface area contributed by atoms with Crippen molar-refractivity contribution in [1.29, 1.82) is 0 Å². The second-order valence-electron chi connectivity index (χ2n) is 6.93. The molecule has 6 nitrogen and oxygen atoms in total. The van der Waals surface area contributed by atoms with E-state index in [1.54, 1.807) is 24.3 Å². The number of carbonyl (C=O) groups excluding carboxylic acids is 1. The number of amides is 1. The van der Waals surface area contributed by atoms with Crippen LogP contribution in [0, 0.1) is 12.8 Å². The fourth-order valence-corrected chi connectivity index (χ4v) is 4.35. The normalized spacial score (nSPS) is 23.6. The van der Waals surface area contributed by atoms with E-state index in [9.17, 15) is 4.79 Å². The van der Waals surface area contributed by atoms with Crippen molar-refractivity contribution < 1.29 is 14.1 Å². The van der Waals surface area contributed by atoms with Crippen LogP contribution in [0.3, 0.4) is 0 Å². The van der Waals surface area contributed by atoms with Crippen LogP contribution in [0.2, 0.25) is 0 Å². The predicted molar refractivity (Wildman–Crippen MR) is 96.2 cm³/mol. The number of rotatable bonds is 6. The lowest BCUT2D eigenvalue weighted by Gasteiger charge is -2.22. The summed E-state index contributed by atoms with van der Waals surface area (Å²) in [6.07, 6.45) is 3.48. The molecule has 25 heavy (non-hydrogen) atoms. The minimum absolute atomic E-state index is 0.136. The Morgan fingerprint density at radius 3 is 2.96 bits per heavy atom. The monoisotopic (exact) mass is 361 g/mol. The first-order chi connectivity index (χ1) is 12.2. The third-order valence-corrected chi connectivity index (χ3v) is 5.98. The highest BCUT2D eigenvalue weighted by atomic mass is 32.1. The number of aromatic nitrogens is 1. The maximum absolute atomic E-state index is 12.3. The number of hydrogen-bond acceptors (Lipinski definition) is 6. The van der Waals surface area contributed by atoms with Crippen molar-refractivity contribution in [2.45, 2.75) is 38.1 Å². The van der Waals surface area contributed by atoms with Crippen molar-refractivity contribution in [3.63, 3.8) is 0 Å². The molecular weight excluding hydrogens is 338 g/mol. The second kappa shape index (κ2) is 7.27. The summed E-state index contributed by atoms with van der Waals surface area (Å²) >= 11 is 1.66. The highest BCUT2D eigenvalue weighted by molar-refractivity contribution is 7.10. The fourth-order valence-electron chi connectivity index (χ4n) is 3.28. The molecule has 4 rings (SSSR count). The van der Waals surface area contributed by atoms with Gasteiger partial charge in [-0.3, -0.25) is 4.79 Å². The molecule has 1 amide bonds. The van der Waals surface area contributed by atoms with Gasteiger partial charge in [-0.05, 0) is 44.7 Å². The molecule has 7 heteroatoms. The van der Waals surface area contributed by atoms with Crippen LogP contribution < -0.4 is 10.6 Å². The molecule has 2 fully saturated rings. The van der Waals surface area contributed by atoms with Gasteiger partial charge >= 0.3 is 0 Å². The van der Waals surface area contributed by atoms with E-state index in [0.717, 1.165) is 44.9 Å². The third kappa shape index (κ3) is 4.11. The van der Waals surface area contributed by atoms with E-state index in [1.165, 1.54) is 4.88 Å². The summed E-state index contributed by atoms with van der Waals surface area (Å²) in [7, 11) is 0. The van der Waals surface area contributed by atoms with Crippen molar-refractivity contribution in [1.82, 2.24) is 10.5 Å². The van der Waals surface area contributed by atoms with Crippen LogP contribution in [0.5, 0.6) is 0 Å². The zero-order valence-electron chi connectivity index (χ0n) is 14.3. The van der Waals surface area contributed by atoms with E-state index in [1.807, 2.05) is 11.4 Å². The quantitative estimate of drug-likeness (QED) is 0.826. The third-order valence-electron chi connectivity index (χ3n) is 4.92. The number of thiophene rings is 1. The first-order valence-electron chi connectivity index (χ1n) is 8.83. The molecule has 0 bridgehead atoms. The maximum atomic E-state index is 12.3. The van der Waals surface area contributed by atoms with Gasteiger partial charge < -0.3 is 19.9 Å². The average molecular weight is 361 g/mol. The molecule has 1 saturated heterocycles. The van der Waals surface area contributed by atoms with Crippen molar-refractivity contribution in [3.05, 3.63) is 33.7 Å². The van der Waals surface area contributed by atoms with E-state index in [0.29, 0.717) is 29.1 Å². The highest BCUT2D eigenvalue weighted by Crippen LogP contribution is 2.43. The smallest absolute Gasteiger partial charge is 0.257 e. The number of nitrogens with one attached hydrogen (secondary N) is 2. The molecule has 2 aromatic rings. The minimum atomic E-state index is -0.136. The number of anilines is 1. The lowest BCUT2D eigenvalue weighted by Crippen LogP contribution is -2.29. The Morgan fingerprint density at radius 2 is 2.20 bits per heavy atom. The molecule has 0 aromatic carbocycles. The molecule has 1 saturated carbocycles. The van der Waals surface area contributed by atoms with Gasteiger partial charge in [0.25, 0.3) is 5.91 Å². The summed E-state index contributed by atoms with van der Waals surface area (Å²) < 4.78 is 10.4. The lowest BCUT2D eigenvalue weighted by atomic mass is 10.0. The molecule has 0 spiro atoms. The number of carbonyl (C=O) groups is 1. The Kier molecular flexibility index (Phi) is 4.87. The van der Waals surface area contributed by atoms with Crippen LogP contribution in [0.1, 0.15) is 46.2 Å². The van der Waals surface area contributed by atoms with Gasteiger partial charge in [-0.1, -0.05) is 5.16 Å². The molecular formula is C18H23N3O3S. The topological polar surface area (TPSA) is 76.4 Å². The SMILES string of the molecule is Cc1cc(NC(=O)c2csc([C@@H]3CC3NCC3CCOCC3)c2)no1. The van der Waals surface area contributed by atoms with E-state index < -0.39 is 0 Å². The largest absolute Gasteiger partial charge is 0.381 e. The van der Waals surface area contributed by atoms with Crippen LogP contribution >= 0.6 is 11.3 Å². The summed E-state index contributed by atoms with van der Waals surface area (Å²) in [5, 5.41) is 12.2. The van der Waals surface area contributed by atoms with E-state index in [4.69, 9.17) is 9.26 Å². The van der Waals surface area contributed by atoms with Crippen LogP contribution in [0.15, 0.2) is 22.0 Å². The molecule has 1 aliphatic heterocycles. The first kappa shape index (κ1) is 16.8. The van der Waals surface area contributed by atoms with Gasteiger partial charge in [0.2, 0.25) is 0 Å².